The van der Waals surface area contributed by atoms with Crippen LogP contribution >= 0.6 is 11.6 Å². The summed E-state index contributed by atoms with van der Waals surface area (Å²) in [4.78, 5) is 4.08. The fraction of sp³-hybridized carbons (Fsp3) is 0. The number of nitrogens with zero attached hydrogens (tertiary/aromatic N) is 2. The standard InChI is InChI=1S/C12H6ClFN2/c13-11-5-9(14)2-3-10(11)12-4-1-8(6-15)7-16-12/h1-5,7H. The van der Waals surface area contributed by atoms with Gasteiger partial charge in [0.05, 0.1) is 16.3 Å². The Hall–Kier alpha value is -1.92. The number of rotatable bonds is 1. The maximum Gasteiger partial charge on any atom is 0.124 e. The van der Waals surface area contributed by atoms with Crippen LogP contribution in [0.3, 0.4) is 0 Å². The van der Waals surface area contributed by atoms with Gasteiger partial charge in [0.2, 0.25) is 0 Å². The van der Waals surface area contributed by atoms with Crippen molar-refractivity contribution in [1.82, 2.24) is 4.98 Å². The third-order valence-electron chi connectivity index (χ3n) is 2.10. The van der Waals surface area contributed by atoms with Crippen LogP contribution in [0.2, 0.25) is 5.02 Å². The van der Waals surface area contributed by atoms with E-state index in [9.17, 15) is 4.39 Å². The van der Waals surface area contributed by atoms with Gasteiger partial charge in [-0.2, -0.15) is 5.26 Å². The van der Waals surface area contributed by atoms with Crippen LogP contribution in [-0.4, -0.2) is 4.98 Å². The van der Waals surface area contributed by atoms with Gasteiger partial charge in [-0.25, -0.2) is 4.39 Å². The third kappa shape index (κ3) is 2.02. The molecule has 2 aromatic rings. The number of hydrogen-bond acceptors (Lipinski definition) is 2. The van der Waals surface area contributed by atoms with Crippen molar-refractivity contribution in [2.24, 2.45) is 0 Å². The Bertz CT molecular complexity index is 558. The highest BCUT2D eigenvalue weighted by atomic mass is 35.5. The lowest BCUT2D eigenvalue weighted by atomic mass is 10.1. The van der Waals surface area contributed by atoms with Gasteiger partial charge in [0.15, 0.2) is 0 Å². The molecule has 0 aliphatic heterocycles. The summed E-state index contributed by atoms with van der Waals surface area (Å²) in [7, 11) is 0. The van der Waals surface area contributed by atoms with Crippen molar-refractivity contribution < 1.29 is 4.39 Å². The molecule has 0 saturated heterocycles. The van der Waals surface area contributed by atoms with E-state index in [0.29, 0.717) is 21.8 Å². The lowest BCUT2D eigenvalue weighted by Crippen LogP contribution is -1.86. The Morgan fingerprint density at radius 3 is 2.62 bits per heavy atom. The van der Waals surface area contributed by atoms with Crippen LogP contribution in [-0.2, 0) is 0 Å². The van der Waals surface area contributed by atoms with Gasteiger partial charge in [0.1, 0.15) is 11.9 Å². The van der Waals surface area contributed by atoms with Gasteiger partial charge in [0.25, 0.3) is 0 Å². The highest BCUT2D eigenvalue weighted by Gasteiger charge is 2.05. The summed E-state index contributed by atoms with van der Waals surface area (Å²) >= 11 is 5.89. The molecule has 0 unspecified atom stereocenters. The number of benzene rings is 1. The predicted molar refractivity (Wildman–Crippen MR) is 59.4 cm³/mol. The molecule has 0 aliphatic rings. The maximum atomic E-state index is 12.8. The zero-order valence-electron chi connectivity index (χ0n) is 8.11. The van der Waals surface area contributed by atoms with Crippen molar-refractivity contribution in [1.29, 1.82) is 5.26 Å². The first-order chi connectivity index (χ1) is 7.70. The molecule has 0 spiro atoms. The van der Waals surface area contributed by atoms with Gasteiger partial charge in [-0.05, 0) is 30.3 Å². The fourth-order valence-corrected chi connectivity index (χ4v) is 1.58. The molecule has 1 aromatic carbocycles. The monoisotopic (exact) mass is 232 g/mol. The van der Waals surface area contributed by atoms with Crippen LogP contribution in [0.5, 0.6) is 0 Å². The minimum Gasteiger partial charge on any atom is -0.255 e. The second-order valence-corrected chi connectivity index (χ2v) is 3.58. The molecule has 16 heavy (non-hydrogen) atoms. The van der Waals surface area contributed by atoms with Crippen molar-refractivity contribution in [3.63, 3.8) is 0 Å². The van der Waals surface area contributed by atoms with Crippen LogP contribution in [0.15, 0.2) is 36.5 Å². The minimum absolute atomic E-state index is 0.303. The lowest BCUT2D eigenvalue weighted by Gasteiger charge is -2.03. The number of pyridine rings is 1. The summed E-state index contributed by atoms with van der Waals surface area (Å²) in [5, 5.41) is 8.93. The van der Waals surface area contributed by atoms with Gasteiger partial charge < -0.3 is 0 Å². The largest absolute Gasteiger partial charge is 0.255 e. The quantitative estimate of drug-likeness (QED) is 0.756. The third-order valence-corrected chi connectivity index (χ3v) is 2.41. The normalized spacial score (nSPS) is 9.81. The molecule has 0 aliphatic carbocycles. The van der Waals surface area contributed by atoms with Gasteiger partial charge in [0, 0.05) is 11.8 Å². The van der Waals surface area contributed by atoms with Crippen LogP contribution in [0, 0.1) is 17.1 Å². The number of hydrogen-bond donors (Lipinski definition) is 0. The molecular formula is C12H6ClFN2. The second-order valence-electron chi connectivity index (χ2n) is 3.17. The lowest BCUT2D eigenvalue weighted by molar-refractivity contribution is 0.628. The summed E-state index contributed by atoms with van der Waals surface area (Å²) in [6, 6.07) is 9.41. The van der Waals surface area contributed by atoms with Gasteiger partial charge in [-0.15, -0.1) is 0 Å². The molecule has 0 fully saturated rings. The highest BCUT2D eigenvalue weighted by Crippen LogP contribution is 2.26. The van der Waals surface area contributed by atoms with E-state index in [1.807, 2.05) is 6.07 Å². The smallest absolute Gasteiger partial charge is 0.124 e. The Morgan fingerprint density at radius 2 is 2.06 bits per heavy atom. The Balaban J connectivity index is 2.47. The van der Waals surface area contributed by atoms with Crippen molar-refractivity contribution in [2.45, 2.75) is 0 Å². The number of aromatic nitrogens is 1. The molecule has 0 atom stereocenters. The summed E-state index contributed by atoms with van der Waals surface area (Å²) in [5.74, 6) is -0.387. The minimum atomic E-state index is -0.387. The molecule has 78 valence electrons. The Labute approximate surface area is 96.9 Å². The summed E-state index contributed by atoms with van der Waals surface area (Å²) in [6.07, 6.45) is 1.45. The molecule has 1 heterocycles. The van der Waals surface area contributed by atoms with Gasteiger partial charge in [-0.1, -0.05) is 11.6 Å². The average molecular weight is 233 g/mol. The molecule has 0 amide bonds. The molecular weight excluding hydrogens is 227 g/mol. The van der Waals surface area contributed by atoms with E-state index in [0.717, 1.165) is 0 Å². The first-order valence-corrected chi connectivity index (χ1v) is 4.90. The molecule has 0 N–H and O–H groups in total. The van der Waals surface area contributed by atoms with E-state index in [1.54, 1.807) is 18.2 Å². The van der Waals surface area contributed by atoms with Crippen LogP contribution < -0.4 is 0 Å². The van der Waals surface area contributed by atoms with Crippen LogP contribution in [0.1, 0.15) is 5.56 Å². The van der Waals surface area contributed by atoms with Crippen molar-refractivity contribution in [3.05, 3.63) is 52.9 Å². The molecule has 2 rings (SSSR count). The van der Waals surface area contributed by atoms with Crippen molar-refractivity contribution >= 4 is 11.6 Å². The summed E-state index contributed by atoms with van der Waals surface area (Å²) in [5.41, 5.74) is 1.73. The van der Waals surface area contributed by atoms with E-state index in [4.69, 9.17) is 16.9 Å². The zero-order valence-corrected chi connectivity index (χ0v) is 8.87. The first-order valence-electron chi connectivity index (χ1n) is 4.52. The van der Waals surface area contributed by atoms with E-state index in [2.05, 4.69) is 4.98 Å². The molecule has 0 bridgehead atoms. The van der Waals surface area contributed by atoms with Crippen molar-refractivity contribution in [2.75, 3.05) is 0 Å². The number of nitriles is 1. The Morgan fingerprint density at radius 1 is 1.25 bits per heavy atom. The van der Waals surface area contributed by atoms with Crippen molar-refractivity contribution in [3.8, 4) is 17.3 Å². The van der Waals surface area contributed by atoms with Crippen LogP contribution in [0.4, 0.5) is 4.39 Å². The molecule has 4 heteroatoms. The van der Waals surface area contributed by atoms with E-state index >= 15 is 0 Å². The zero-order chi connectivity index (χ0) is 11.5. The molecule has 2 nitrogen and oxygen atoms in total. The van der Waals surface area contributed by atoms with E-state index in [-0.39, 0.29) is 5.82 Å². The fourth-order valence-electron chi connectivity index (χ4n) is 1.32. The van der Waals surface area contributed by atoms with E-state index < -0.39 is 0 Å². The summed E-state index contributed by atoms with van der Waals surface area (Å²) in [6.45, 7) is 0. The van der Waals surface area contributed by atoms with E-state index in [1.165, 1.54) is 18.3 Å². The molecule has 1 aromatic heterocycles. The number of halogens is 2. The first kappa shape index (κ1) is 10.6. The van der Waals surface area contributed by atoms with Crippen LogP contribution in [0.25, 0.3) is 11.3 Å². The van der Waals surface area contributed by atoms with Gasteiger partial charge in [-0.3, -0.25) is 4.98 Å². The maximum absolute atomic E-state index is 12.8. The summed E-state index contributed by atoms with van der Waals surface area (Å²) < 4.78 is 12.8. The average Bonchev–Trinajstić information content (AvgIpc) is 2.29. The molecule has 0 radical (unpaired) electrons. The second kappa shape index (κ2) is 4.30. The predicted octanol–water partition coefficient (Wildman–Crippen LogP) is 3.41. The SMILES string of the molecule is N#Cc1ccc(-c2ccc(F)cc2Cl)nc1. The topological polar surface area (TPSA) is 36.7 Å². The Kier molecular flexibility index (Phi) is 2.84. The highest BCUT2D eigenvalue weighted by molar-refractivity contribution is 6.33. The molecule has 0 saturated carbocycles. The van der Waals surface area contributed by atoms with Gasteiger partial charge >= 0.3 is 0 Å².